The molecule has 0 fully saturated rings. The van der Waals surface area contributed by atoms with Crippen LogP contribution in [-0.2, 0) is 12.8 Å². The van der Waals surface area contributed by atoms with Crippen molar-refractivity contribution in [2.24, 2.45) is 0 Å². The molecule has 6 nitrogen and oxygen atoms in total. The molecule has 7 heteroatoms. The molecule has 2 heterocycles. The van der Waals surface area contributed by atoms with Crippen LogP contribution in [0, 0.1) is 0 Å². The number of benzene rings is 2. The molecule has 1 N–H and O–H groups in total. The van der Waals surface area contributed by atoms with Gasteiger partial charge in [0.25, 0.3) is 5.91 Å². The van der Waals surface area contributed by atoms with Gasteiger partial charge in [-0.15, -0.1) is 0 Å². The highest BCUT2D eigenvalue weighted by molar-refractivity contribution is 7.20. The summed E-state index contributed by atoms with van der Waals surface area (Å²) in [6, 6.07) is 15.6. The lowest BCUT2D eigenvalue weighted by molar-refractivity contribution is 0.102. The Bertz CT molecular complexity index is 1170. The second-order valence-electron chi connectivity index (χ2n) is 7.40. The third-order valence-electron chi connectivity index (χ3n) is 5.25. The first-order chi connectivity index (χ1) is 14.1. The number of nitrogens with one attached hydrogen (secondary N) is 1. The summed E-state index contributed by atoms with van der Waals surface area (Å²) in [5.74, 6) is 0.616. The normalized spacial score (nSPS) is 12.9. The molecule has 146 valence electrons. The maximum absolute atomic E-state index is 13.0. The first-order valence-electron chi connectivity index (χ1n) is 9.65. The number of hydrogen-bond acceptors (Lipinski definition) is 5. The minimum atomic E-state index is -0.132. The van der Waals surface area contributed by atoms with E-state index in [2.05, 4.69) is 11.4 Å². The Hall–Kier alpha value is -3.19. The van der Waals surface area contributed by atoms with Gasteiger partial charge in [0.15, 0.2) is 0 Å². The Balaban J connectivity index is 1.51. The molecule has 0 radical (unpaired) electrons. The number of rotatable bonds is 4. The standard InChI is InChI=1S/C22H21N5OS/c1-26(2)15-12-10-14(11-13-15)21(28)24-20-16-6-5-8-17(16)25-27(20)22-23-18-7-3-4-9-19(18)29-22/h3-4,7,9-13H,5-6,8H2,1-2H3,(H,24,28). The first kappa shape index (κ1) is 17.9. The molecular weight excluding hydrogens is 382 g/mol. The fourth-order valence-electron chi connectivity index (χ4n) is 3.70. The number of amides is 1. The van der Waals surface area contributed by atoms with E-state index < -0.39 is 0 Å². The number of fused-ring (bicyclic) bond motifs is 2. The maximum atomic E-state index is 13.0. The highest BCUT2D eigenvalue weighted by atomic mass is 32.1. The largest absolute Gasteiger partial charge is 0.378 e. The van der Waals surface area contributed by atoms with Crippen LogP contribution >= 0.6 is 11.3 Å². The third kappa shape index (κ3) is 3.17. The summed E-state index contributed by atoms with van der Waals surface area (Å²) in [5, 5.41) is 8.67. The van der Waals surface area contributed by atoms with Crippen molar-refractivity contribution in [3.63, 3.8) is 0 Å². The molecule has 29 heavy (non-hydrogen) atoms. The van der Waals surface area contributed by atoms with Gasteiger partial charge in [-0.05, 0) is 55.7 Å². The Morgan fingerprint density at radius 2 is 1.90 bits per heavy atom. The van der Waals surface area contributed by atoms with Crippen LogP contribution in [0.4, 0.5) is 11.5 Å². The Labute approximate surface area is 172 Å². The molecule has 0 bridgehead atoms. The number of carbonyl (C=O) groups is 1. The van der Waals surface area contributed by atoms with Gasteiger partial charge < -0.3 is 10.2 Å². The van der Waals surface area contributed by atoms with Crippen LogP contribution in [0.5, 0.6) is 0 Å². The van der Waals surface area contributed by atoms with E-state index in [9.17, 15) is 4.79 Å². The summed E-state index contributed by atoms with van der Waals surface area (Å²) in [4.78, 5) is 19.7. The highest BCUT2D eigenvalue weighted by Crippen LogP contribution is 2.34. The zero-order valence-electron chi connectivity index (χ0n) is 16.3. The number of nitrogens with zero attached hydrogens (tertiary/aromatic N) is 4. The summed E-state index contributed by atoms with van der Waals surface area (Å²) in [6.07, 6.45) is 2.93. The van der Waals surface area contributed by atoms with E-state index in [4.69, 9.17) is 10.1 Å². The SMILES string of the molecule is CN(C)c1ccc(C(=O)Nc2c3c(nn2-c2nc4ccccc4s2)CCC3)cc1. The second kappa shape index (κ2) is 7.00. The summed E-state index contributed by atoms with van der Waals surface area (Å²) >= 11 is 1.58. The van der Waals surface area contributed by atoms with Crippen LogP contribution < -0.4 is 10.2 Å². The molecule has 0 saturated heterocycles. The predicted octanol–water partition coefficient (Wildman–Crippen LogP) is 4.29. The number of aromatic nitrogens is 3. The molecule has 0 atom stereocenters. The number of aryl methyl sites for hydroxylation is 1. The fraction of sp³-hybridized carbons (Fsp3) is 0.227. The van der Waals surface area contributed by atoms with Gasteiger partial charge >= 0.3 is 0 Å². The monoisotopic (exact) mass is 403 g/mol. The smallest absolute Gasteiger partial charge is 0.256 e. The van der Waals surface area contributed by atoms with Crippen LogP contribution in [0.3, 0.4) is 0 Å². The van der Waals surface area contributed by atoms with Gasteiger partial charge in [0, 0.05) is 30.9 Å². The Kier molecular flexibility index (Phi) is 4.32. The molecule has 1 aliphatic rings. The van der Waals surface area contributed by atoms with Crippen LogP contribution in [0.15, 0.2) is 48.5 Å². The average Bonchev–Trinajstić information content (AvgIpc) is 3.43. The van der Waals surface area contributed by atoms with Crippen LogP contribution in [0.2, 0.25) is 0 Å². The van der Waals surface area contributed by atoms with Crippen molar-refractivity contribution < 1.29 is 4.79 Å². The van der Waals surface area contributed by atoms with Gasteiger partial charge in [0.1, 0.15) is 5.82 Å². The van der Waals surface area contributed by atoms with Crippen molar-refractivity contribution in [1.82, 2.24) is 14.8 Å². The summed E-state index contributed by atoms with van der Waals surface area (Å²) < 4.78 is 2.91. The van der Waals surface area contributed by atoms with E-state index in [1.165, 1.54) is 0 Å². The molecule has 2 aromatic heterocycles. The van der Waals surface area contributed by atoms with Crippen LogP contribution in [-0.4, -0.2) is 34.8 Å². The summed E-state index contributed by atoms with van der Waals surface area (Å²) in [5.41, 5.74) is 4.81. The predicted molar refractivity (Wildman–Crippen MR) is 117 cm³/mol. The zero-order valence-corrected chi connectivity index (χ0v) is 17.2. The van der Waals surface area contributed by atoms with Gasteiger partial charge in [-0.25, -0.2) is 4.98 Å². The number of thiazole rings is 1. The third-order valence-corrected chi connectivity index (χ3v) is 6.26. The van der Waals surface area contributed by atoms with Crippen molar-refractivity contribution >= 4 is 39.0 Å². The Morgan fingerprint density at radius 1 is 1.10 bits per heavy atom. The van der Waals surface area contributed by atoms with E-state index in [-0.39, 0.29) is 5.91 Å². The molecule has 1 amide bonds. The first-order valence-corrected chi connectivity index (χ1v) is 10.5. The molecule has 2 aromatic carbocycles. The number of carbonyl (C=O) groups excluding carboxylic acids is 1. The summed E-state index contributed by atoms with van der Waals surface area (Å²) in [7, 11) is 3.96. The molecule has 0 spiro atoms. The van der Waals surface area contributed by atoms with Crippen LogP contribution in [0.25, 0.3) is 15.3 Å². The van der Waals surface area contributed by atoms with Crippen LogP contribution in [0.1, 0.15) is 28.0 Å². The van der Waals surface area contributed by atoms with Crippen molar-refractivity contribution in [2.75, 3.05) is 24.3 Å². The lowest BCUT2D eigenvalue weighted by atomic mass is 10.2. The minimum Gasteiger partial charge on any atom is -0.378 e. The van der Waals surface area contributed by atoms with E-state index in [1.54, 1.807) is 16.0 Å². The average molecular weight is 404 g/mol. The van der Waals surface area contributed by atoms with Crippen molar-refractivity contribution in [1.29, 1.82) is 0 Å². The van der Waals surface area contributed by atoms with Gasteiger partial charge in [-0.1, -0.05) is 23.5 Å². The second-order valence-corrected chi connectivity index (χ2v) is 8.41. The number of para-hydroxylation sites is 1. The molecule has 0 saturated carbocycles. The molecule has 4 aromatic rings. The lowest BCUT2D eigenvalue weighted by Gasteiger charge is -2.13. The van der Waals surface area contributed by atoms with Gasteiger partial charge in [0.05, 0.1) is 15.9 Å². The van der Waals surface area contributed by atoms with Gasteiger partial charge in [-0.3, -0.25) is 4.79 Å². The molecular formula is C22H21N5OS. The molecule has 5 rings (SSSR count). The number of anilines is 2. The van der Waals surface area contributed by atoms with Crippen molar-refractivity contribution in [2.45, 2.75) is 19.3 Å². The zero-order chi connectivity index (χ0) is 20.0. The van der Waals surface area contributed by atoms with E-state index in [1.807, 2.05) is 61.5 Å². The molecule has 1 aliphatic carbocycles. The minimum absolute atomic E-state index is 0.132. The quantitative estimate of drug-likeness (QED) is 0.552. The van der Waals surface area contributed by atoms with Crippen molar-refractivity contribution in [3.8, 4) is 5.13 Å². The van der Waals surface area contributed by atoms with E-state index in [0.29, 0.717) is 5.56 Å². The van der Waals surface area contributed by atoms with Gasteiger partial charge in [-0.2, -0.15) is 9.78 Å². The lowest BCUT2D eigenvalue weighted by Crippen LogP contribution is -2.16. The fourth-order valence-corrected chi connectivity index (χ4v) is 4.62. The highest BCUT2D eigenvalue weighted by Gasteiger charge is 2.26. The van der Waals surface area contributed by atoms with E-state index >= 15 is 0 Å². The van der Waals surface area contributed by atoms with Crippen molar-refractivity contribution in [3.05, 3.63) is 65.4 Å². The maximum Gasteiger partial charge on any atom is 0.256 e. The Morgan fingerprint density at radius 3 is 2.66 bits per heavy atom. The number of hydrogen-bond donors (Lipinski definition) is 1. The topological polar surface area (TPSA) is 63.1 Å². The summed E-state index contributed by atoms with van der Waals surface area (Å²) in [6.45, 7) is 0. The van der Waals surface area contributed by atoms with E-state index in [0.717, 1.165) is 57.4 Å². The van der Waals surface area contributed by atoms with Gasteiger partial charge in [0.2, 0.25) is 5.13 Å². The molecule has 0 aliphatic heterocycles. The molecule has 0 unspecified atom stereocenters.